The third-order valence-electron chi connectivity index (χ3n) is 7.63. The Morgan fingerprint density at radius 2 is 2.00 bits per heavy atom. The van der Waals surface area contributed by atoms with Crippen molar-refractivity contribution in [3.8, 4) is 28.6 Å². The van der Waals surface area contributed by atoms with E-state index in [1.807, 2.05) is 32.2 Å². The fourth-order valence-corrected chi connectivity index (χ4v) is 5.30. The highest BCUT2D eigenvalue weighted by atomic mass is 19.1. The van der Waals surface area contributed by atoms with Crippen molar-refractivity contribution in [1.29, 1.82) is 5.26 Å². The quantitative estimate of drug-likeness (QED) is 0.321. The second-order valence-corrected chi connectivity index (χ2v) is 10.8. The Kier molecular flexibility index (Phi) is 7.07. The van der Waals surface area contributed by atoms with Crippen LogP contribution in [0.25, 0.3) is 22.5 Å². The number of aryl methyl sites for hydroxylation is 1. The van der Waals surface area contributed by atoms with Crippen LogP contribution in [0, 0.1) is 17.1 Å². The second-order valence-electron chi connectivity index (χ2n) is 10.8. The number of carbonyl (C=O) groups excluding carboxylic acids is 1. The van der Waals surface area contributed by atoms with Crippen molar-refractivity contribution in [2.75, 3.05) is 18.6 Å². The number of nitrogens with one attached hydrogen (secondary N) is 1. The number of pyridine rings is 1. The monoisotopic (exact) mass is 551 g/mol. The topological polar surface area (TPSA) is 109 Å². The van der Waals surface area contributed by atoms with Crippen LogP contribution in [-0.2, 0) is 24.9 Å². The van der Waals surface area contributed by atoms with E-state index in [0.29, 0.717) is 53.0 Å². The molecule has 0 saturated heterocycles. The molecule has 9 nitrogen and oxygen atoms in total. The van der Waals surface area contributed by atoms with Crippen LogP contribution < -0.4 is 10.2 Å². The van der Waals surface area contributed by atoms with Gasteiger partial charge >= 0.3 is 0 Å². The molecular weight excluding hydrogens is 521 g/mol. The van der Waals surface area contributed by atoms with Crippen molar-refractivity contribution in [2.24, 2.45) is 7.05 Å². The molecule has 1 amide bonds. The third kappa shape index (κ3) is 5.22. The molecule has 4 aromatic rings. The molecule has 6 rings (SSSR count). The highest BCUT2D eigenvalue weighted by Gasteiger charge is 2.34. The lowest BCUT2D eigenvalue weighted by atomic mass is 9.96. The lowest BCUT2D eigenvalue weighted by molar-refractivity contribution is 0.0995. The maximum absolute atomic E-state index is 15.3. The van der Waals surface area contributed by atoms with Crippen LogP contribution in [0.2, 0.25) is 0 Å². The van der Waals surface area contributed by atoms with Crippen molar-refractivity contribution >= 4 is 11.7 Å². The fourth-order valence-electron chi connectivity index (χ4n) is 5.30. The zero-order valence-corrected chi connectivity index (χ0v) is 23.2. The van der Waals surface area contributed by atoms with E-state index in [9.17, 15) is 10.1 Å². The number of benzene rings is 2. The van der Waals surface area contributed by atoms with Crippen LogP contribution >= 0.6 is 0 Å². The van der Waals surface area contributed by atoms with Gasteiger partial charge in [0.15, 0.2) is 5.82 Å². The van der Waals surface area contributed by atoms with E-state index in [-0.39, 0.29) is 18.5 Å². The number of fused-ring (bicyclic) bond motifs is 1. The summed E-state index contributed by atoms with van der Waals surface area (Å²) in [6.07, 6.45) is 3.67. The van der Waals surface area contributed by atoms with Gasteiger partial charge in [0.25, 0.3) is 5.91 Å². The first-order valence-corrected chi connectivity index (χ1v) is 13.6. The highest BCUT2D eigenvalue weighted by Crippen LogP contribution is 2.43. The number of methoxy groups -OCH3 is 1. The Balaban J connectivity index is 1.38. The molecule has 2 aromatic carbocycles. The summed E-state index contributed by atoms with van der Waals surface area (Å²) in [4.78, 5) is 20.1. The summed E-state index contributed by atoms with van der Waals surface area (Å²) < 4.78 is 22.2. The van der Waals surface area contributed by atoms with Gasteiger partial charge in [-0.3, -0.25) is 9.69 Å². The van der Waals surface area contributed by atoms with E-state index in [1.54, 1.807) is 41.1 Å². The molecule has 0 spiro atoms. The van der Waals surface area contributed by atoms with Gasteiger partial charge in [0.05, 0.1) is 24.8 Å². The molecule has 208 valence electrons. The lowest BCUT2D eigenvalue weighted by Crippen LogP contribution is -2.29. The largest absolute Gasteiger partial charge is 0.383 e. The standard InChI is InChI=1S/C31H30FN7O2/c1-18(16-41-3)34-14-20-9-25-26(27(32)10-20)15-39(31(25)40)29-12-22(11-28(36-29)21-5-6-21)23-7-4-19(13-33)8-24(23)30-37-35-17-38(30)2/h4,7-12,17-18,21,34H,5-6,14-16H2,1-3H3/t18-/m0/s1. The van der Waals surface area contributed by atoms with Gasteiger partial charge in [-0.1, -0.05) is 6.07 Å². The number of hydrogen-bond donors (Lipinski definition) is 1. The molecule has 1 N–H and O–H groups in total. The van der Waals surface area contributed by atoms with Gasteiger partial charge in [-0.2, -0.15) is 5.26 Å². The molecule has 1 atom stereocenters. The predicted molar refractivity (Wildman–Crippen MR) is 151 cm³/mol. The normalized spacial score (nSPS) is 15.2. The Bertz CT molecular complexity index is 1690. The molecule has 0 unspecified atom stereocenters. The van der Waals surface area contributed by atoms with E-state index in [4.69, 9.17) is 9.72 Å². The van der Waals surface area contributed by atoms with Gasteiger partial charge in [0, 0.05) is 55.0 Å². The van der Waals surface area contributed by atoms with Crippen LogP contribution in [0.4, 0.5) is 10.2 Å². The molecule has 3 heterocycles. The first-order valence-electron chi connectivity index (χ1n) is 13.6. The van der Waals surface area contributed by atoms with Crippen LogP contribution in [0.15, 0.2) is 48.8 Å². The molecule has 0 bridgehead atoms. The maximum atomic E-state index is 15.3. The first-order chi connectivity index (χ1) is 19.9. The molecular formula is C31H30FN7O2. The SMILES string of the molecule is COC[C@H](C)NCc1cc(F)c2c(c1)C(=O)N(c1cc(-c3ccc(C#N)cc3-c3nncn3C)cc(C3CC3)n1)C2. The van der Waals surface area contributed by atoms with Crippen LogP contribution in [0.3, 0.4) is 0 Å². The van der Waals surface area contributed by atoms with Crippen molar-refractivity contribution < 1.29 is 13.9 Å². The number of amides is 1. The van der Waals surface area contributed by atoms with Gasteiger partial charge in [-0.05, 0) is 72.9 Å². The Hall–Kier alpha value is -4.46. The molecule has 1 fully saturated rings. The second kappa shape index (κ2) is 10.8. The summed E-state index contributed by atoms with van der Waals surface area (Å²) in [5.41, 5.74) is 5.29. The number of rotatable bonds is 9. The Labute approximate surface area is 237 Å². The summed E-state index contributed by atoms with van der Waals surface area (Å²) in [6.45, 7) is 3.05. The minimum absolute atomic E-state index is 0.0879. The fraction of sp³-hybridized carbons (Fsp3) is 0.323. The minimum Gasteiger partial charge on any atom is -0.383 e. The van der Waals surface area contributed by atoms with Gasteiger partial charge in [0.2, 0.25) is 0 Å². The van der Waals surface area contributed by atoms with E-state index >= 15 is 4.39 Å². The lowest BCUT2D eigenvalue weighted by Gasteiger charge is -2.18. The number of aromatic nitrogens is 4. The molecule has 0 radical (unpaired) electrons. The van der Waals surface area contributed by atoms with E-state index in [2.05, 4.69) is 21.6 Å². The van der Waals surface area contributed by atoms with Crippen LogP contribution in [0.5, 0.6) is 0 Å². The first kappa shape index (κ1) is 26.7. The number of carbonyl (C=O) groups is 1. The predicted octanol–water partition coefficient (Wildman–Crippen LogP) is 4.72. The molecule has 10 heteroatoms. The minimum atomic E-state index is -0.398. The van der Waals surface area contributed by atoms with Crippen molar-refractivity contribution in [3.05, 3.63) is 82.6 Å². The molecule has 41 heavy (non-hydrogen) atoms. The van der Waals surface area contributed by atoms with Gasteiger partial charge < -0.3 is 14.6 Å². The molecule has 2 aromatic heterocycles. The van der Waals surface area contributed by atoms with Gasteiger partial charge in [0.1, 0.15) is 18.0 Å². The number of ether oxygens (including phenoxy) is 1. The van der Waals surface area contributed by atoms with Crippen molar-refractivity contribution in [1.82, 2.24) is 25.1 Å². The number of halogens is 1. The Morgan fingerprint density at radius 1 is 1.17 bits per heavy atom. The molecule has 1 aliphatic carbocycles. The van der Waals surface area contributed by atoms with E-state index in [1.165, 1.54) is 6.07 Å². The van der Waals surface area contributed by atoms with Crippen LogP contribution in [-0.4, -0.2) is 45.4 Å². The maximum Gasteiger partial charge on any atom is 0.260 e. The van der Waals surface area contributed by atoms with Gasteiger partial charge in [-0.15, -0.1) is 10.2 Å². The van der Waals surface area contributed by atoms with E-state index in [0.717, 1.165) is 35.2 Å². The van der Waals surface area contributed by atoms with Crippen molar-refractivity contribution in [3.63, 3.8) is 0 Å². The highest BCUT2D eigenvalue weighted by molar-refractivity contribution is 6.10. The average Bonchev–Trinajstić information content (AvgIpc) is 3.66. The van der Waals surface area contributed by atoms with E-state index < -0.39 is 5.82 Å². The Morgan fingerprint density at radius 3 is 2.71 bits per heavy atom. The van der Waals surface area contributed by atoms with Crippen molar-refractivity contribution in [2.45, 2.75) is 44.8 Å². The molecule has 1 saturated carbocycles. The number of anilines is 1. The summed E-state index contributed by atoms with van der Waals surface area (Å²) in [5.74, 6) is 0.743. The summed E-state index contributed by atoms with van der Waals surface area (Å²) in [5, 5.41) is 21.2. The molecule has 2 aliphatic rings. The summed E-state index contributed by atoms with van der Waals surface area (Å²) >= 11 is 0. The summed E-state index contributed by atoms with van der Waals surface area (Å²) in [7, 11) is 3.48. The average molecular weight is 552 g/mol. The third-order valence-corrected chi connectivity index (χ3v) is 7.63. The number of hydrogen-bond acceptors (Lipinski definition) is 7. The molecule has 1 aliphatic heterocycles. The summed E-state index contributed by atoms with van der Waals surface area (Å²) in [6, 6.07) is 14.9. The number of nitriles is 1. The van der Waals surface area contributed by atoms with Crippen LogP contribution in [0.1, 0.15) is 58.4 Å². The zero-order chi connectivity index (χ0) is 28.7. The number of nitrogens with zero attached hydrogens (tertiary/aromatic N) is 6. The smallest absolute Gasteiger partial charge is 0.260 e. The zero-order valence-electron chi connectivity index (χ0n) is 23.2. The van der Waals surface area contributed by atoms with Gasteiger partial charge in [-0.25, -0.2) is 9.37 Å².